The van der Waals surface area contributed by atoms with Crippen LogP contribution < -0.4 is 4.90 Å². The van der Waals surface area contributed by atoms with E-state index < -0.39 is 0 Å². The van der Waals surface area contributed by atoms with Crippen molar-refractivity contribution in [3.05, 3.63) is 106 Å². The number of amidine groups is 1. The molecule has 0 N–H and O–H groups in total. The summed E-state index contributed by atoms with van der Waals surface area (Å²) in [7, 11) is 0. The Kier molecular flexibility index (Phi) is 4.50. The van der Waals surface area contributed by atoms with E-state index in [0.29, 0.717) is 11.5 Å². The van der Waals surface area contributed by atoms with Gasteiger partial charge < -0.3 is 0 Å². The van der Waals surface area contributed by atoms with Crippen molar-refractivity contribution in [1.82, 2.24) is 0 Å². The van der Waals surface area contributed by atoms with Crippen molar-refractivity contribution in [3.8, 4) is 0 Å². The first kappa shape index (κ1) is 16.5. The predicted octanol–water partition coefficient (Wildman–Crippen LogP) is 5.28. The topological polar surface area (TPSA) is 32.7 Å². The van der Waals surface area contributed by atoms with Crippen LogP contribution in [0.4, 0.5) is 5.69 Å². The molecule has 0 atom stereocenters. The number of amides is 1. The summed E-state index contributed by atoms with van der Waals surface area (Å²) < 4.78 is 0.913. The van der Waals surface area contributed by atoms with Crippen LogP contribution in [0.3, 0.4) is 0 Å². The Morgan fingerprint density at radius 3 is 2.23 bits per heavy atom. The van der Waals surface area contributed by atoms with Gasteiger partial charge in [0.15, 0.2) is 0 Å². The number of aliphatic imine (C=N–C) groups is 1. The number of rotatable bonds is 3. The number of carbonyl (C=O) groups is 1. The fourth-order valence-corrected chi connectivity index (χ4v) is 3.25. The normalized spacial score (nSPS) is 15.4. The summed E-state index contributed by atoms with van der Waals surface area (Å²) in [6.07, 6.45) is 1.82. The van der Waals surface area contributed by atoms with Gasteiger partial charge in [0, 0.05) is 10.0 Å². The lowest BCUT2D eigenvalue weighted by Gasteiger charge is -2.18. The van der Waals surface area contributed by atoms with Crippen LogP contribution in [0.15, 0.2) is 100 Å². The fraction of sp³-hybridized carbons (Fsp3) is 0. The molecule has 0 spiro atoms. The molecule has 0 unspecified atom stereocenters. The van der Waals surface area contributed by atoms with E-state index in [2.05, 4.69) is 20.9 Å². The molecule has 1 heterocycles. The highest BCUT2D eigenvalue weighted by Gasteiger charge is 2.32. The van der Waals surface area contributed by atoms with Crippen LogP contribution in [0.25, 0.3) is 6.08 Å². The maximum absolute atomic E-state index is 13.1. The standard InChI is InChI=1S/C22H15BrN2O/c23-18-12-7-13-19(15-18)25-21(17-10-5-2-6-11-17)24-20(22(25)26)14-16-8-3-1-4-9-16/h1-15H/b20-14+. The maximum atomic E-state index is 13.1. The quantitative estimate of drug-likeness (QED) is 0.548. The minimum Gasteiger partial charge on any atom is -0.266 e. The summed E-state index contributed by atoms with van der Waals surface area (Å²) in [5.74, 6) is 0.502. The van der Waals surface area contributed by atoms with Crippen molar-refractivity contribution in [2.24, 2.45) is 4.99 Å². The van der Waals surface area contributed by atoms with Crippen LogP contribution in [-0.4, -0.2) is 11.7 Å². The highest BCUT2D eigenvalue weighted by atomic mass is 79.9. The van der Waals surface area contributed by atoms with Crippen molar-refractivity contribution >= 4 is 39.4 Å². The molecule has 4 rings (SSSR count). The number of benzene rings is 3. The molecular weight excluding hydrogens is 388 g/mol. The SMILES string of the molecule is O=C1/C(=C\c2ccccc2)N=C(c2ccccc2)N1c1cccc(Br)c1. The first-order valence-corrected chi connectivity index (χ1v) is 9.02. The molecule has 26 heavy (non-hydrogen) atoms. The van der Waals surface area contributed by atoms with Gasteiger partial charge in [0.05, 0.1) is 5.69 Å². The average Bonchev–Trinajstić information content (AvgIpc) is 3.00. The molecule has 3 aromatic carbocycles. The second-order valence-corrected chi connectivity index (χ2v) is 6.78. The number of nitrogens with zero attached hydrogens (tertiary/aromatic N) is 2. The highest BCUT2D eigenvalue weighted by Crippen LogP contribution is 2.29. The van der Waals surface area contributed by atoms with Gasteiger partial charge >= 0.3 is 0 Å². The molecule has 4 heteroatoms. The van der Waals surface area contributed by atoms with Gasteiger partial charge in [0.2, 0.25) is 0 Å². The largest absolute Gasteiger partial charge is 0.282 e. The van der Waals surface area contributed by atoms with E-state index in [1.165, 1.54) is 0 Å². The predicted molar refractivity (Wildman–Crippen MR) is 109 cm³/mol. The molecule has 0 fully saturated rings. The molecular formula is C22H15BrN2O. The van der Waals surface area contributed by atoms with E-state index in [0.717, 1.165) is 21.3 Å². The van der Waals surface area contributed by atoms with Crippen molar-refractivity contribution in [3.63, 3.8) is 0 Å². The Morgan fingerprint density at radius 2 is 1.54 bits per heavy atom. The lowest BCUT2D eigenvalue weighted by Crippen LogP contribution is -2.32. The van der Waals surface area contributed by atoms with Gasteiger partial charge in [-0.3, -0.25) is 9.69 Å². The molecule has 0 saturated carbocycles. The number of carbonyl (C=O) groups excluding carboxylic acids is 1. The molecule has 3 aromatic rings. The monoisotopic (exact) mass is 402 g/mol. The molecule has 0 saturated heterocycles. The molecule has 0 radical (unpaired) electrons. The Hall–Kier alpha value is -2.98. The van der Waals surface area contributed by atoms with E-state index in [-0.39, 0.29) is 5.91 Å². The van der Waals surface area contributed by atoms with Crippen molar-refractivity contribution < 1.29 is 4.79 Å². The Morgan fingerprint density at radius 1 is 0.846 bits per heavy atom. The minimum absolute atomic E-state index is 0.134. The summed E-state index contributed by atoms with van der Waals surface area (Å²) >= 11 is 3.48. The van der Waals surface area contributed by atoms with E-state index in [4.69, 9.17) is 0 Å². The van der Waals surface area contributed by atoms with E-state index in [1.807, 2.05) is 91.0 Å². The molecule has 1 aliphatic rings. The third-order valence-electron chi connectivity index (χ3n) is 4.06. The number of anilines is 1. The molecule has 0 aliphatic carbocycles. The Bertz CT molecular complexity index is 1010. The number of hydrogen-bond acceptors (Lipinski definition) is 2. The lowest BCUT2D eigenvalue weighted by atomic mass is 10.1. The fourth-order valence-electron chi connectivity index (χ4n) is 2.86. The van der Waals surface area contributed by atoms with Gasteiger partial charge in [-0.15, -0.1) is 0 Å². The first-order valence-electron chi connectivity index (χ1n) is 8.23. The van der Waals surface area contributed by atoms with Crippen molar-refractivity contribution in [1.29, 1.82) is 0 Å². The zero-order valence-corrected chi connectivity index (χ0v) is 15.4. The summed E-state index contributed by atoms with van der Waals surface area (Å²) in [4.78, 5) is 19.5. The van der Waals surface area contributed by atoms with Crippen LogP contribution in [0.2, 0.25) is 0 Å². The highest BCUT2D eigenvalue weighted by molar-refractivity contribution is 9.10. The molecule has 1 aliphatic heterocycles. The van der Waals surface area contributed by atoms with Gasteiger partial charge in [-0.2, -0.15) is 0 Å². The van der Waals surface area contributed by atoms with Gasteiger partial charge in [-0.25, -0.2) is 4.99 Å². The minimum atomic E-state index is -0.134. The summed E-state index contributed by atoms with van der Waals surface area (Å²) in [6.45, 7) is 0. The third kappa shape index (κ3) is 3.24. The average molecular weight is 403 g/mol. The third-order valence-corrected chi connectivity index (χ3v) is 4.55. The van der Waals surface area contributed by atoms with E-state index >= 15 is 0 Å². The molecule has 0 bridgehead atoms. The van der Waals surface area contributed by atoms with E-state index in [1.54, 1.807) is 4.90 Å². The molecule has 0 aromatic heterocycles. The summed E-state index contributed by atoms with van der Waals surface area (Å²) in [5, 5.41) is 0. The molecule has 126 valence electrons. The second-order valence-electron chi connectivity index (χ2n) is 5.86. The number of hydrogen-bond donors (Lipinski definition) is 0. The summed E-state index contributed by atoms with van der Waals surface area (Å²) in [6, 6.07) is 27.2. The van der Waals surface area contributed by atoms with Gasteiger partial charge in [0.1, 0.15) is 11.5 Å². The first-order chi connectivity index (χ1) is 12.7. The van der Waals surface area contributed by atoms with Crippen LogP contribution in [0, 0.1) is 0 Å². The molecule has 3 nitrogen and oxygen atoms in total. The van der Waals surface area contributed by atoms with Gasteiger partial charge in [0.25, 0.3) is 5.91 Å². The zero-order chi connectivity index (χ0) is 17.9. The van der Waals surface area contributed by atoms with Gasteiger partial charge in [-0.05, 0) is 29.8 Å². The smallest absolute Gasteiger partial charge is 0.266 e. The van der Waals surface area contributed by atoms with Crippen molar-refractivity contribution in [2.75, 3.05) is 4.90 Å². The maximum Gasteiger partial charge on any atom is 0.282 e. The van der Waals surface area contributed by atoms with Crippen LogP contribution in [-0.2, 0) is 4.79 Å². The summed E-state index contributed by atoms with van der Waals surface area (Å²) in [5.41, 5.74) is 3.05. The Labute approximate surface area is 160 Å². The zero-order valence-electron chi connectivity index (χ0n) is 13.8. The van der Waals surface area contributed by atoms with Crippen LogP contribution >= 0.6 is 15.9 Å². The lowest BCUT2D eigenvalue weighted by molar-refractivity contribution is -0.113. The van der Waals surface area contributed by atoms with Crippen molar-refractivity contribution in [2.45, 2.75) is 0 Å². The van der Waals surface area contributed by atoms with E-state index in [9.17, 15) is 4.79 Å². The Balaban J connectivity index is 1.84. The van der Waals surface area contributed by atoms with Crippen LogP contribution in [0.5, 0.6) is 0 Å². The molecule has 1 amide bonds. The second kappa shape index (κ2) is 7.10. The number of halogens is 1. The van der Waals surface area contributed by atoms with Crippen LogP contribution in [0.1, 0.15) is 11.1 Å². The van der Waals surface area contributed by atoms with Gasteiger partial charge in [-0.1, -0.05) is 82.7 Å².